The van der Waals surface area contributed by atoms with Crippen LogP contribution in [0.4, 0.5) is 10.5 Å². The fourth-order valence-electron chi connectivity index (χ4n) is 3.04. The molecule has 0 spiro atoms. The molecule has 1 fully saturated rings. The zero-order chi connectivity index (χ0) is 17.3. The molecule has 6 heteroatoms. The molecule has 128 valence electrons. The molecule has 1 aromatic carbocycles. The van der Waals surface area contributed by atoms with Gasteiger partial charge in [0.2, 0.25) is 0 Å². The highest BCUT2D eigenvalue weighted by molar-refractivity contribution is 5.89. The number of aliphatic hydroxyl groups is 1. The number of nitrogens with one attached hydrogen (secondary N) is 1. The first kappa shape index (κ1) is 16.5. The molecule has 2 heterocycles. The lowest BCUT2D eigenvalue weighted by atomic mass is 9.96. The van der Waals surface area contributed by atoms with E-state index in [1.165, 1.54) is 0 Å². The highest BCUT2D eigenvalue weighted by atomic mass is 16.3. The van der Waals surface area contributed by atoms with Gasteiger partial charge in [0.15, 0.2) is 0 Å². The van der Waals surface area contributed by atoms with Gasteiger partial charge in [-0.05, 0) is 50.5 Å². The number of amides is 2. The van der Waals surface area contributed by atoms with Crippen molar-refractivity contribution < 1.29 is 9.90 Å². The monoisotopic (exact) mass is 328 g/mol. The Labute approximate surface area is 142 Å². The summed E-state index contributed by atoms with van der Waals surface area (Å²) < 4.78 is 1.86. The Bertz CT molecular complexity index is 740. The average molecular weight is 328 g/mol. The molecule has 24 heavy (non-hydrogen) atoms. The summed E-state index contributed by atoms with van der Waals surface area (Å²) in [6.45, 7) is 7.02. The molecule has 0 saturated carbocycles. The predicted molar refractivity (Wildman–Crippen MR) is 93.4 cm³/mol. The number of piperidine rings is 1. The van der Waals surface area contributed by atoms with Crippen LogP contribution < -0.4 is 5.32 Å². The van der Waals surface area contributed by atoms with Gasteiger partial charge in [-0.2, -0.15) is 5.10 Å². The topological polar surface area (TPSA) is 70.4 Å². The fourth-order valence-corrected chi connectivity index (χ4v) is 3.04. The molecule has 3 rings (SSSR count). The van der Waals surface area contributed by atoms with Gasteiger partial charge >= 0.3 is 6.03 Å². The van der Waals surface area contributed by atoms with Crippen LogP contribution in [0.2, 0.25) is 0 Å². The number of carbonyl (C=O) groups excluding carboxylic acids is 1. The quantitative estimate of drug-likeness (QED) is 0.890. The summed E-state index contributed by atoms with van der Waals surface area (Å²) in [5.74, 6) is 0.239. The third kappa shape index (κ3) is 3.43. The summed E-state index contributed by atoms with van der Waals surface area (Å²) in [7, 11) is 0. The fraction of sp³-hybridized carbons (Fsp3) is 0.444. The summed E-state index contributed by atoms with van der Waals surface area (Å²) in [4.78, 5) is 14.1. The number of aliphatic hydroxyl groups excluding tert-OH is 1. The van der Waals surface area contributed by atoms with Gasteiger partial charge in [0.05, 0.1) is 17.5 Å². The molecular weight excluding hydrogens is 304 g/mol. The Morgan fingerprint density at radius 1 is 1.33 bits per heavy atom. The third-order valence-electron chi connectivity index (χ3n) is 4.56. The lowest BCUT2D eigenvalue weighted by Gasteiger charge is -2.34. The summed E-state index contributed by atoms with van der Waals surface area (Å²) in [6.07, 6.45) is 0.367. The van der Waals surface area contributed by atoms with Crippen molar-refractivity contribution in [3.63, 3.8) is 0 Å². The number of hydrogen-bond acceptors (Lipinski definition) is 3. The summed E-state index contributed by atoms with van der Waals surface area (Å²) in [5, 5.41) is 17.3. The van der Waals surface area contributed by atoms with Crippen molar-refractivity contribution in [1.82, 2.24) is 14.7 Å². The van der Waals surface area contributed by atoms with Crippen LogP contribution in [0, 0.1) is 19.8 Å². The SMILES string of the molecule is Cc1cc(C)n(-c2cccc(NC(=O)N3CCC(C)C(O)C3)c2)n1. The van der Waals surface area contributed by atoms with Crippen molar-refractivity contribution in [3.05, 3.63) is 41.7 Å². The van der Waals surface area contributed by atoms with E-state index >= 15 is 0 Å². The van der Waals surface area contributed by atoms with Gasteiger partial charge in [0.25, 0.3) is 0 Å². The predicted octanol–water partition coefficient (Wildman–Crippen LogP) is 2.72. The first-order valence-corrected chi connectivity index (χ1v) is 8.32. The Balaban J connectivity index is 1.73. The van der Waals surface area contributed by atoms with Crippen LogP contribution in [0.5, 0.6) is 0 Å². The number of rotatable bonds is 2. The number of aryl methyl sites for hydroxylation is 2. The Hall–Kier alpha value is -2.34. The van der Waals surface area contributed by atoms with Crippen LogP contribution in [-0.4, -0.2) is 45.0 Å². The minimum atomic E-state index is -0.453. The lowest BCUT2D eigenvalue weighted by molar-refractivity contribution is 0.0464. The van der Waals surface area contributed by atoms with Crippen molar-refractivity contribution in [2.24, 2.45) is 5.92 Å². The van der Waals surface area contributed by atoms with Gasteiger partial charge in [-0.25, -0.2) is 9.48 Å². The first-order chi connectivity index (χ1) is 11.4. The van der Waals surface area contributed by atoms with Crippen LogP contribution in [0.3, 0.4) is 0 Å². The summed E-state index contributed by atoms with van der Waals surface area (Å²) in [5.41, 5.74) is 3.63. The molecule has 1 saturated heterocycles. The van der Waals surface area contributed by atoms with E-state index in [4.69, 9.17) is 0 Å². The maximum absolute atomic E-state index is 12.4. The largest absolute Gasteiger partial charge is 0.391 e. The van der Waals surface area contributed by atoms with Crippen molar-refractivity contribution >= 4 is 11.7 Å². The molecular formula is C18H24N4O2. The number of hydrogen-bond donors (Lipinski definition) is 2. The van der Waals surface area contributed by atoms with Crippen molar-refractivity contribution in [2.75, 3.05) is 18.4 Å². The zero-order valence-corrected chi connectivity index (χ0v) is 14.4. The number of benzene rings is 1. The number of carbonyl (C=O) groups is 1. The molecule has 2 aromatic rings. The molecule has 2 atom stereocenters. The number of aromatic nitrogens is 2. The number of anilines is 1. The minimum Gasteiger partial charge on any atom is -0.391 e. The van der Waals surface area contributed by atoms with Gasteiger partial charge in [0.1, 0.15) is 0 Å². The third-order valence-corrected chi connectivity index (χ3v) is 4.56. The minimum absolute atomic E-state index is 0.175. The van der Waals surface area contributed by atoms with E-state index in [0.717, 1.165) is 29.2 Å². The van der Waals surface area contributed by atoms with Crippen LogP contribution in [0.25, 0.3) is 5.69 Å². The molecule has 0 radical (unpaired) electrons. The number of urea groups is 1. The molecule has 2 N–H and O–H groups in total. The van der Waals surface area contributed by atoms with Crippen LogP contribution in [-0.2, 0) is 0 Å². The number of nitrogens with zero attached hydrogens (tertiary/aromatic N) is 3. The molecule has 6 nitrogen and oxygen atoms in total. The van der Waals surface area contributed by atoms with E-state index < -0.39 is 6.10 Å². The Morgan fingerprint density at radius 2 is 2.12 bits per heavy atom. The molecule has 2 amide bonds. The van der Waals surface area contributed by atoms with Crippen molar-refractivity contribution in [2.45, 2.75) is 33.3 Å². The first-order valence-electron chi connectivity index (χ1n) is 8.32. The molecule has 1 aromatic heterocycles. The maximum Gasteiger partial charge on any atom is 0.321 e. The second-order valence-corrected chi connectivity index (χ2v) is 6.60. The molecule has 0 bridgehead atoms. The highest BCUT2D eigenvalue weighted by Gasteiger charge is 2.27. The van der Waals surface area contributed by atoms with Gasteiger partial charge in [0, 0.05) is 24.5 Å². The van der Waals surface area contributed by atoms with Crippen LogP contribution in [0.15, 0.2) is 30.3 Å². The second kappa shape index (κ2) is 6.65. The molecule has 1 aliphatic heterocycles. The standard InChI is InChI=1S/C18H24N4O2/c1-12-7-8-21(11-17(12)23)18(24)19-15-5-4-6-16(10-15)22-14(3)9-13(2)20-22/h4-6,9-10,12,17,23H,7-8,11H2,1-3H3,(H,19,24). The zero-order valence-electron chi connectivity index (χ0n) is 14.4. The van der Waals surface area contributed by atoms with E-state index in [9.17, 15) is 9.90 Å². The van der Waals surface area contributed by atoms with Crippen LogP contribution in [0.1, 0.15) is 24.7 Å². The Morgan fingerprint density at radius 3 is 2.79 bits per heavy atom. The van der Waals surface area contributed by atoms with Crippen molar-refractivity contribution in [3.8, 4) is 5.69 Å². The van der Waals surface area contributed by atoms with E-state index in [2.05, 4.69) is 10.4 Å². The number of likely N-dealkylation sites (tertiary alicyclic amines) is 1. The van der Waals surface area contributed by atoms with E-state index in [-0.39, 0.29) is 11.9 Å². The smallest absolute Gasteiger partial charge is 0.321 e. The molecule has 2 unspecified atom stereocenters. The second-order valence-electron chi connectivity index (χ2n) is 6.60. The van der Waals surface area contributed by atoms with Gasteiger partial charge in [-0.3, -0.25) is 0 Å². The highest BCUT2D eigenvalue weighted by Crippen LogP contribution is 2.20. The lowest BCUT2D eigenvalue weighted by Crippen LogP contribution is -2.47. The summed E-state index contributed by atoms with van der Waals surface area (Å²) >= 11 is 0. The van der Waals surface area contributed by atoms with Crippen molar-refractivity contribution in [1.29, 1.82) is 0 Å². The van der Waals surface area contributed by atoms with E-state index in [1.54, 1.807) is 4.90 Å². The maximum atomic E-state index is 12.4. The Kier molecular flexibility index (Phi) is 4.57. The average Bonchev–Trinajstić information content (AvgIpc) is 2.89. The van der Waals surface area contributed by atoms with E-state index in [1.807, 2.05) is 55.8 Å². The normalized spacial score (nSPS) is 20.9. The van der Waals surface area contributed by atoms with Gasteiger partial charge in [-0.15, -0.1) is 0 Å². The van der Waals surface area contributed by atoms with Gasteiger partial charge in [-0.1, -0.05) is 13.0 Å². The van der Waals surface area contributed by atoms with Gasteiger partial charge < -0.3 is 15.3 Å². The molecule has 1 aliphatic rings. The van der Waals surface area contributed by atoms with E-state index in [0.29, 0.717) is 13.1 Å². The molecule has 0 aliphatic carbocycles. The van der Waals surface area contributed by atoms with Crippen LogP contribution >= 0.6 is 0 Å². The number of β-amino-alcohol motifs (C(OH)–C–C–N with tert-alkyl or cyclic N) is 1. The summed E-state index contributed by atoms with van der Waals surface area (Å²) in [6, 6.07) is 9.46.